The predicted molar refractivity (Wildman–Crippen MR) is 55.2 cm³/mol. The van der Waals surface area contributed by atoms with Crippen molar-refractivity contribution in [2.75, 3.05) is 11.5 Å². The molecule has 1 fully saturated rings. The lowest BCUT2D eigenvalue weighted by Crippen LogP contribution is -2.23. The quantitative estimate of drug-likeness (QED) is 0.826. The Labute approximate surface area is 88.8 Å². The Morgan fingerprint density at radius 2 is 2.40 bits per heavy atom. The van der Waals surface area contributed by atoms with Crippen LogP contribution in [0.5, 0.6) is 0 Å². The molecule has 0 bridgehead atoms. The van der Waals surface area contributed by atoms with Crippen molar-refractivity contribution >= 4 is 9.84 Å². The number of furan rings is 1. The average molecular weight is 230 g/mol. The highest BCUT2D eigenvalue weighted by molar-refractivity contribution is 7.91. The largest absolute Gasteiger partial charge is 0.472 e. The summed E-state index contributed by atoms with van der Waals surface area (Å²) in [5.74, 6) is 0.205. The molecular formula is C10H14O4S. The van der Waals surface area contributed by atoms with Gasteiger partial charge < -0.3 is 9.52 Å². The van der Waals surface area contributed by atoms with Crippen molar-refractivity contribution in [2.24, 2.45) is 5.92 Å². The average Bonchev–Trinajstić information content (AvgIpc) is 2.74. The minimum Gasteiger partial charge on any atom is -0.472 e. The minimum absolute atomic E-state index is 0.117. The Morgan fingerprint density at radius 1 is 1.60 bits per heavy atom. The molecule has 0 spiro atoms. The molecule has 0 aliphatic carbocycles. The standard InChI is InChI=1S/C10H14O4S/c11-10(5-8-1-3-14-6-8)9-2-4-15(12,13)7-9/h1,3,6,9-11H,2,4-5,7H2. The van der Waals surface area contributed by atoms with Crippen LogP contribution in [-0.4, -0.2) is 31.1 Å². The number of hydrogen-bond acceptors (Lipinski definition) is 4. The molecule has 0 saturated carbocycles. The van der Waals surface area contributed by atoms with Crippen molar-refractivity contribution in [1.82, 2.24) is 0 Å². The summed E-state index contributed by atoms with van der Waals surface area (Å²) in [5.41, 5.74) is 0.909. The van der Waals surface area contributed by atoms with Gasteiger partial charge in [0.05, 0.1) is 30.1 Å². The van der Waals surface area contributed by atoms with E-state index in [4.69, 9.17) is 4.42 Å². The van der Waals surface area contributed by atoms with Gasteiger partial charge >= 0.3 is 0 Å². The Morgan fingerprint density at radius 3 is 2.93 bits per heavy atom. The second-order valence-electron chi connectivity index (χ2n) is 4.07. The highest BCUT2D eigenvalue weighted by Gasteiger charge is 2.32. The zero-order chi connectivity index (χ0) is 10.9. The normalized spacial score (nSPS) is 26.6. The maximum absolute atomic E-state index is 11.2. The lowest BCUT2D eigenvalue weighted by atomic mass is 9.97. The number of sulfone groups is 1. The molecule has 1 N–H and O–H groups in total. The Kier molecular flexibility index (Phi) is 2.84. The fraction of sp³-hybridized carbons (Fsp3) is 0.600. The zero-order valence-electron chi connectivity index (χ0n) is 8.30. The van der Waals surface area contributed by atoms with Gasteiger partial charge in [-0.3, -0.25) is 0 Å². The van der Waals surface area contributed by atoms with Gasteiger partial charge in [-0.05, 0) is 18.1 Å². The minimum atomic E-state index is -2.90. The van der Waals surface area contributed by atoms with Crippen LogP contribution in [0.2, 0.25) is 0 Å². The van der Waals surface area contributed by atoms with Crippen LogP contribution in [0.3, 0.4) is 0 Å². The molecule has 2 heterocycles. The maximum atomic E-state index is 11.2. The first kappa shape index (κ1) is 10.7. The molecule has 4 nitrogen and oxygen atoms in total. The van der Waals surface area contributed by atoms with Crippen molar-refractivity contribution in [3.63, 3.8) is 0 Å². The van der Waals surface area contributed by atoms with Crippen LogP contribution in [0.25, 0.3) is 0 Å². The molecule has 2 rings (SSSR count). The monoisotopic (exact) mass is 230 g/mol. The Balaban J connectivity index is 1.95. The van der Waals surface area contributed by atoms with E-state index in [1.165, 1.54) is 0 Å². The van der Waals surface area contributed by atoms with Crippen LogP contribution in [0.1, 0.15) is 12.0 Å². The Hall–Kier alpha value is -0.810. The topological polar surface area (TPSA) is 67.5 Å². The molecule has 1 aliphatic heterocycles. The molecule has 1 aromatic rings. The molecule has 2 atom stereocenters. The fourth-order valence-corrected chi connectivity index (χ4v) is 3.81. The molecule has 0 aromatic carbocycles. The van der Waals surface area contributed by atoms with Crippen molar-refractivity contribution < 1.29 is 17.9 Å². The third kappa shape index (κ3) is 2.60. The SMILES string of the molecule is O=S1(=O)CCC(C(O)Cc2ccoc2)C1. The van der Waals surface area contributed by atoms with Gasteiger partial charge in [-0.25, -0.2) is 8.42 Å². The van der Waals surface area contributed by atoms with Gasteiger partial charge in [0.25, 0.3) is 0 Å². The van der Waals surface area contributed by atoms with Gasteiger partial charge in [-0.15, -0.1) is 0 Å². The van der Waals surface area contributed by atoms with Gasteiger partial charge in [-0.2, -0.15) is 0 Å². The zero-order valence-corrected chi connectivity index (χ0v) is 9.11. The van der Waals surface area contributed by atoms with Gasteiger partial charge in [0.1, 0.15) is 0 Å². The third-order valence-corrected chi connectivity index (χ3v) is 4.63. The molecule has 1 saturated heterocycles. The van der Waals surface area contributed by atoms with Crippen molar-refractivity contribution in [3.8, 4) is 0 Å². The molecule has 84 valence electrons. The van der Waals surface area contributed by atoms with Crippen LogP contribution in [-0.2, 0) is 16.3 Å². The molecule has 1 aliphatic rings. The first-order valence-electron chi connectivity index (χ1n) is 4.96. The first-order valence-corrected chi connectivity index (χ1v) is 6.78. The second-order valence-corrected chi connectivity index (χ2v) is 6.29. The van der Waals surface area contributed by atoms with Crippen LogP contribution in [0, 0.1) is 5.92 Å². The van der Waals surface area contributed by atoms with Gasteiger partial charge in [0, 0.05) is 12.3 Å². The molecule has 0 radical (unpaired) electrons. The van der Waals surface area contributed by atoms with E-state index in [1.54, 1.807) is 18.6 Å². The summed E-state index contributed by atoms with van der Waals surface area (Å²) in [7, 11) is -2.90. The lowest BCUT2D eigenvalue weighted by molar-refractivity contribution is 0.120. The highest BCUT2D eigenvalue weighted by atomic mass is 32.2. The molecule has 5 heteroatoms. The van der Waals surface area contributed by atoms with Crippen molar-refractivity contribution in [1.29, 1.82) is 0 Å². The van der Waals surface area contributed by atoms with E-state index < -0.39 is 15.9 Å². The fourth-order valence-electron chi connectivity index (χ4n) is 1.94. The number of aliphatic hydroxyl groups is 1. The summed E-state index contributed by atoms with van der Waals surface area (Å²) < 4.78 is 27.3. The van der Waals surface area contributed by atoms with Gasteiger partial charge in [0.2, 0.25) is 0 Å². The van der Waals surface area contributed by atoms with E-state index >= 15 is 0 Å². The summed E-state index contributed by atoms with van der Waals surface area (Å²) in [5, 5.41) is 9.85. The van der Waals surface area contributed by atoms with Crippen LogP contribution < -0.4 is 0 Å². The third-order valence-electron chi connectivity index (χ3n) is 2.84. The summed E-state index contributed by atoms with van der Waals surface area (Å²) in [6, 6.07) is 1.78. The number of rotatable bonds is 3. The van der Waals surface area contributed by atoms with Crippen LogP contribution in [0.4, 0.5) is 0 Å². The first-order chi connectivity index (χ1) is 7.07. The Bertz CT molecular complexity index is 407. The second kappa shape index (κ2) is 3.98. The molecule has 0 amide bonds. The summed E-state index contributed by atoms with van der Waals surface area (Å²) in [4.78, 5) is 0. The van der Waals surface area contributed by atoms with Gasteiger partial charge in [-0.1, -0.05) is 0 Å². The van der Waals surface area contributed by atoms with Crippen LogP contribution >= 0.6 is 0 Å². The van der Waals surface area contributed by atoms with E-state index in [1.807, 2.05) is 0 Å². The van der Waals surface area contributed by atoms with Crippen LogP contribution in [0.15, 0.2) is 23.0 Å². The summed E-state index contributed by atoms with van der Waals surface area (Å²) in [6.45, 7) is 0. The maximum Gasteiger partial charge on any atom is 0.150 e. The van der Waals surface area contributed by atoms with Crippen molar-refractivity contribution in [3.05, 3.63) is 24.2 Å². The van der Waals surface area contributed by atoms with E-state index in [9.17, 15) is 13.5 Å². The molecule has 1 aromatic heterocycles. The van der Waals surface area contributed by atoms with Crippen molar-refractivity contribution in [2.45, 2.75) is 18.9 Å². The molecule has 2 unspecified atom stereocenters. The lowest BCUT2D eigenvalue weighted by Gasteiger charge is -2.15. The smallest absolute Gasteiger partial charge is 0.150 e. The van der Waals surface area contributed by atoms with E-state index in [2.05, 4.69) is 0 Å². The van der Waals surface area contributed by atoms with E-state index in [0.29, 0.717) is 12.8 Å². The highest BCUT2D eigenvalue weighted by Crippen LogP contribution is 2.23. The number of aliphatic hydroxyl groups excluding tert-OH is 1. The number of hydrogen-bond donors (Lipinski definition) is 1. The summed E-state index contributed by atoms with van der Waals surface area (Å²) >= 11 is 0. The summed E-state index contributed by atoms with van der Waals surface area (Å²) in [6.07, 6.45) is 3.58. The van der Waals surface area contributed by atoms with Gasteiger partial charge in [0.15, 0.2) is 9.84 Å². The van der Waals surface area contributed by atoms with E-state index in [-0.39, 0.29) is 17.4 Å². The predicted octanol–water partition coefficient (Wildman–Crippen LogP) is 0.618. The van der Waals surface area contributed by atoms with E-state index in [0.717, 1.165) is 5.56 Å². The molecular weight excluding hydrogens is 216 g/mol. The molecule has 15 heavy (non-hydrogen) atoms.